The number of benzene rings is 1. The lowest BCUT2D eigenvalue weighted by Crippen LogP contribution is -2.26. The van der Waals surface area contributed by atoms with Crippen molar-refractivity contribution >= 4 is 11.6 Å². The highest BCUT2D eigenvalue weighted by molar-refractivity contribution is 6.04. The molecule has 0 aliphatic heterocycles. The second-order valence-corrected chi connectivity index (χ2v) is 5.16. The molecule has 0 atom stereocenters. The Morgan fingerprint density at radius 2 is 1.89 bits per heavy atom. The van der Waals surface area contributed by atoms with Crippen LogP contribution in [-0.2, 0) is 4.79 Å². The van der Waals surface area contributed by atoms with Gasteiger partial charge in [-0.1, -0.05) is 51.5 Å². The van der Waals surface area contributed by atoms with E-state index in [-0.39, 0.29) is 11.3 Å². The number of para-hydroxylation sites is 1. The molecule has 0 saturated heterocycles. The average Bonchev–Trinajstić information content (AvgIpc) is 2.30. The molecule has 0 aliphatic rings. The number of hydrogen-bond acceptors (Lipinski definition) is 1. The van der Waals surface area contributed by atoms with Crippen LogP contribution in [0.15, 0.2) is 42.0 Å². The third kappa shape index (κ3) is 3.73. The molecule has 2 nitrogen and oxygen atoms in total. The maximum absolute atomic E-state index is 12.3. The smallest absolute Gasteiger partial charge is 0.251 e. The van der Waals surface area contributed by atoms with Crippen molar-refractivity contribution in [2.24, 2.45) is 5.41 Å². The van der Waals surface area contributed by atoms with Gasteiger partial charge in [-0.15, -0.1) is 0 Å². The molecule has 0 aromatic heterocycles. The van der Waals surface area contributed by atoms with Crippen LogP contribution in [0.4, 0.5) is 5.69 Å². The first-order chi connectivity index (χ1) is 8.51. The van der Waals surface area contributed by atoms with Crippen LogP contribution < -0.4 is 5.32 Å². The standard InChI is InChI=1S/C16H23NO/c1-5-12-16(3,4)14(6-2)15(18)17-13-10-8-7-9-11-13/h6-11H,5,12H2,1-4H3,(H,17,18)/b14-6-. The van der Waals surface area contributed by atoms with Crippen LogP contribution in [-0.4, -0.2) is 5.91 Å². The van der Waals surface area contributed by atoms with Gasteiger partial charge in [0.15, 0.2) is 0 Å². The Labute approximate surface area is 110 Å². The van der Waals surface area contributed by atoms with E-state index in [2.05, 4.69) is 26.1 Å². The predicted octanol–water partition coefficient (Wildman–Crippen LogP) is 4.40. The summed E-state index contributed by atoms with van der Waals surface area (Å²) >= 11 is 0. The molecule has 0 bridgehead atoms. The van der Waals surface area contributed by atoms with Crippen LogP contribution >= 0.6 is 0 Å². The molecule has 2 heteroatoms. The van der Waals surface area contributed by atoms with E-state index in [1.165, 1.54) is 0 Å². The molecule has 0 aliphatic carbocycles. The Morgan fingerprint density at radius 3 is 2.39 bits per heavy atom. The summed E-state index contributed by atoms with van der Waals surface area (Å²) in [6.07, 6.45) is 4.01. The van der Waals surface area contributed by atoms with Gasteiger partial charge in [0.2, 0.25) is 0 Å². The van der Waals surface area contributed by atoms with Crippen molar-refractivity contribution < 1.29 is 4.79 Å². The first-order valence-corrected chi connectivity index (χ1v) is 6.54. The Morgan fingerprint density at radius 1 is 1.28 bits per heavy atom. The fourth-order valence-electron chi connectivity index (χ4n) is 2.31. The average molecular weight is 245 g/mol. The second kappa shape index (κ2) is 6.39. The van der Waals surface area contributed by atoms with Crippen molar-refractivity contribution in [2.75, 3.05) is 5.32 Å². The van der Waals surface area contributed by atoms with Crippen molar-refractivity contribution in [1.29, 1.82) is 0 Å². The maximum Gasteiger partial charge on any atom is 0.251 e. The maximum atomic E-state index is 12.3. The lowest BCUT2D eigenvalue weighted by atomic mass is 9.79. The van der Waals surface area contributed by atoms with E-state index in [4.69, 9.17) is 0 Å². The van der Waals surface area contributed by atoms with Gasteiger partial charge in [-0.05, 0) is 30.9 Å². The van der Waals surface area contributed by atoms with Crippen LogP contribution in [0.25, 0.3) is 0 Å². The summed E-state index contributed by atoms with van der Waals surface area (Å²) in [5.74, 6) is 0.00199. The van der Waals surface area contributed by atoms with Crippen LogP contribution in [0, 0.1) is 5.41 Å². The Bertz CT molecular complexity index is 418. The summed E-state index contributed by atoms with van der Waals surface area (Å²) in [6, 6.07) is 9.58. The molecule has 0 heterocycles. The number of carbonyl (C=O) groups is 1. The zero-order valence-electron chi connectivity index (χ0n) is 11.8. The van der Waals surface area contributed by atoms with Crippen LogP contribution in [0.2, 0.25) is 0 Å². The quantitative estimate of drug-likeness (QED) is 0.765. The molecular formula is C16H23NO. The topological polar surface area (TPSA) is 29.1 Å². The Hall–Kier alpha value is -1.57. The van der Waals surface area contributed by atoms with E-state index >= 15 is 0 Å². The molecule has 0 saturated carbocycles. The molecule has 98 valence electrons. The lowest BCUT2D eigenvalue weighted by molar-refractivity contribution is -0.113. The van der Waals surface area contributed by atoms with E-state index in [0.29, 0.717) is 0 Å². The molecule has 0 radical (unpaired) electrons. The van der Waals surface area contributed by atoms with Crippen LogP contribution in [0.5, 0.6) is 0 Å². The number of amides is 1. The van der Waals surface area contributed by atoms with Gasteiger partial charge in [-0.2, -0.15) is 0 Å². The van der Waals surface area contributed by atoms with Gasteiger partial charge >= 0.3 is 0 Å². The molecule has 0 fully saturated rings. The van der Waals surface area contributed by atoms with Gasteiger partial charge in [0.1, 0.15) is 0 Å². The van der Waals surface area contributed by atoms with Gasteiger partial charge in [0.05, 0.1) is 0 Å². The van der Waals surface area contributed by atoms with Gasteiger partial charge in [-0.3, -0.25) is 4.79 Å². The van der Waals surface area contributed by atoms with Crippen molar-refractivity contribution in [3.8, 4) is 0 Å². The SMILES string of the molecule is C/C=C(/C(=O)Nc1ccccc1)C(C)(C)CCC. The lowest BCUT2D eigenvalue weighted by Gasteiger charge is -2.26. The molecule has 0 spiro atoms. The number of allylic oxidation sites excluding steroid dienone is 1. The Kier molecular flexibility index (Phi) is 5.14. The Balaban J connectivity index is 2.82. The highest BCUT2D eigenvalue weighted by Gasteiger charge is 2.26. The van der Waals surface area contributed by atoms with E-state index in [0.717, 1.165) is 24.1 Å². The van der Waals surface area contributed by atoms with Crippen LogP contribution in [0.1, 0.15) is 40.5 Å². The predicted molar refractivity (Wildman–Crippen MR) is 77.5 cm³/mol. The minimum atomic E-state index is -0.0810. The summed E-state index contributed by atoms with van der Waals surface area (Å²) < 4.78 is 0. The third-order valence-corrected chi connectivity index (χ3v) is 3.17. The van der Waals surface area contributed by atoms with Crippen molar-refractivity contribution in [1.82, 2.24) is 0 Å². The van der Waals surface area contributed by atoms with Gasteiger partial charge in [-0.25, -0.2) is 0 Å². The summed E-state index contributed by atoms with van der Waals surface area (Å²) in [5, 5.41) is 2.95. The number of nitrogens with one attached hydrogen (secondary N) is 1. The highest BCUT2D eigenvalue weighted by Crippen LogP contribution is 2.32. The molecule has 0 unspecified atom stereocenters. The summed E-state index contributed by atoms with van der Waals surface area (Å²) in [6.45, 7) is 8.31. The van der Waals surface area contributed by atoms with Gasteiger partial charge < -0.3 is 5.32 Å². The molecule has 1 aromatic carbocycles. The molecule has 1 rings (SSSR count). The monoisotopic (exact) mass is 245 g/mol. The van der Waals surface area contributed by atoms with Crippen molar-refractivity contribution in [3.63, 3.8) is 0 Å². The van der Waals surface area contributed by atoms with Crippen molar-refractivity contribution in [3.05, 3.63) is 42.0 Å². The van der Waals surface area contributed by atoms with Gasteiger partial charge in [0, 0.05) is 11.3 Å². The molecule has 18 heavy (non-hydrogen) atoms. The molecule has 1 aromatic rings. The summed E-state index contributed by atoms with van der Waals surface area (Å²) in [4.78, 5) is 12.3. The normalized spacial score (nSPS) is 12.3. The van der Waals surface area contributed by atoms with E-state index in [1.807, 2.05) is 43.3 Å². The zero-order chi connectivity index (χ0) is 13.6. The fourth-order valence-corrected chi connectivity index (χ4v) is 2.31. The highest BCUT2D eigenvalue weighted by atomic mass is 16.1. The van der Waals surface area contributed by atoms with E-state index in [1.54, 1.807) is 0 Å². The minimum absolute atomic E-state index is 0.00199. The zero-order valence-corrected chi connectivity index (χ0v) is 11.8. The second-order valence-electron chi connectivity index (χ2n) is 5.16. The minimum Gasteiger partial charge on any atom is -0.322 e. The molecular weight excluding hydrogens is 222 g/mol. The van der Waals surface area contributed by atoms with Crippen molar-refractivity contribution in [2.45, 2.75) is 40.5 Å². The summed E-state index contributed by atoms with van der Waals surface area (Å²) in [5.41, 5.74) is 1.62. The largest absolute Gasteiger partial charge is 0.322 e. The molecule has 1 N–H and O–H groups in total. The number of hydrogen-bond donors (Lipinski definition) is 1. The fraction of sp³-hybridized carbons (Fsp3) is 0.438. The molecule has 1 amide bonds. The number of anilines is 1. The van der Waals surface area contributed by atoms with Gasteiger partial charge in [0.25, 0.3) is 5.91 Å². The first-order valence-electron chi connectivity index (χ1n) is 6.54. The third-order valence-electron chi connectivity index (χ3n) is 3.17. The summed E-state index contributed by atoms with van der Waals surface area (Å²) in [7, 11) is 0. The number of carbonyl (C=O) groups excluding carboxylic acids is 1. The van der Waals surface area contributed by atoms with E-state index < -0.39 is 0 Å². The van der Waals surface area contributed by atoms with E-state index in [9.17, 15) is 4.79 Å². The van der Waals surface area contributed by atoms with Crippen LogP contribution in [0.3, 0.4) is 0 Å². The number of rotatable bonds is 5. The first kappa shape index (κ1) is 14.5.